The summed E-state index contributed by atoms with van der Waals surface area (Å²) in [7, 11) is 0. The zero-order chi connectivity index (χ0) is 21.3. The maximum Gasteiger partial charge on any atom is 0.329 e. The Morgan fingerprint density at radius 2 is 1.53 bits per heavy atom. The molecule has 7 nitrogen and oxygen atoms in total. The predicted molar refractivity (Wildman–Crippen MR) is 116 cm³/mol. The van der Waals surface area contributed by atoms with E-state index in [1.54, 1.807) is 42.5 Å². The van der Waals surface area contributed by atoms with Gasteiger partial charge in [-0.1, -0.05) is 54.6 Å². The summed E-state index contributed by atoms with van der Waals surface area (Å²) in [4.78, 5) is 36.9. The highest BCUT2D eigenvalue weighted by Crippen LogP contribution is 2.18. The van der Waals surface area contributed by atoms with Crippen molar-refractivity contribution in [3.63, 3.8) is 0 Å². The van der Waals surface area contributed by atoms with E-state index in [9.17, 15) is 14.4 Å². The van der Waals surface area contributed by atoms with Gasteiger partial charge in [0.25, 0.3) is 5.91 Å². The van der Waals surface area contributed by atoms with Crippen molar-refractivity contribution >= 4 is 35.3 Å². The summed E-state index contributed by atoms with van der Waals surface area (Å²) < 4.78 is 0. The molecule has 0 aliphatic heterocycles. The van der Waals surface area contributed by atoms with E-state index >= 15 is 0 Å². The number of carbonyl (C=O) groups is 3. The lowest BCUT2D eigenvalue weighted by Crippen LogP contribution is -2.33. The molecular formula is C23H20N4O3. The normalized spacial score (nSPS) is 10.4. The molecule has 0 aromatic heterocycles. The molecule has 0 unspecified atom stereocenters. The van der Waals surface area contributed by atoms with Crippen LogP contribution in [0.2, 0.25) is 0 Å². The Labute approximate surface area is 173 Å². The molecule has 3 aromatic carbocycles. The SMILES string of the molecule is Cc1cccc(NC(=O)c2ccccc2NC(=O)C(=O)N/N=C/c2ccccc2)c1. The third kappa shape index (κ3) is 5.62. The number of aryl methyl sites for hydroxylation is 1. The first-order valence-electron chi connectivity index (χ1n) is 9.19. The molecule has 0 saturated carbocycles. The molecule has 0 saturated heterocycles. The first-order chi connectivity index (χ1) is 14.5. The molecule has 0 heterocycles. The number of nitrogens with one attached hydrogen (secondary N) is 3. The molecule has 0 fully saturated rings. The van der Waals surface area contributed by atoms with Crippen molar-refractivity contribution in [1.29, 1.82) is 0 Å². The van der Waals surface area contributed by atoms with Crippen molar-refractivity contribution in [3.05, 3.63) is 95.6 Å². The maximum absolute atomic E-state index is 12.6. The molecular weight excluding hydrogens is 380 g/mol. The number of nitrogens with zero attached hydrogens (tertiary/aromatic N) is 1. The fraction of sp³-hybridized carbons (Fsp3) is 0.0435. The number of benzene rings is 3. The Kier molecular flexibility index (Phi) is 6.68. The second kappa shape index (κ2) is 9.79. The predicted octanol–water partition coefficient (Wildman–Crippen LogP) is 3.34. The summed E-state index contributed by atoms with van der Waals surface area (Å²) in [5.41, 5.74) is 5.02. The van der Waals surface area contributed by atoms with Crippen molar-refractivity contribution in [1.82, 2.24) is 5.43 Å². The molecule has 30 heavy (non-hydrogen) atoms. The molecule has 0 atom stereocenters. The zero-order valence-electron chi connectivity index (χ0n) is 16.3. The lowest BCUT2D eigenvalue weighted by molar-refractivity contribution is -0.136. The summed E-state index contributed by atoms with van der Waals surface area (Å²) in [5.74, 6) is -2.29. The van der Waals surface area contributed by atoms with Crippen LogP contribution in [0, 0.1) is 6.92 Å². The van der Waals surface area contributed by atoms with Gasteiger partial charge < -0.3 is 10.6 Å². The first-order valence-corrected chi connectivity index (χ1v) is 9.19. The Hall–Kier alpha value is -4.26. The average molecular weight is 400 g/mol. The third-order valence-electron chi connectivity index (χ3n) is 4.08. The summed E-state index contributed by atoms with van der Waals surface area (Å²) in [6.07, 6.45) is 1.43. The molecule has 3 aromatic rings. The molecule has 0 radical (unpaired) electrons. The molecule has 150 valence electrons. The van der Waals surface area contributed by atoms with Gasteiger partial charge in [0.05, 0.1) is 17.5 Å². The van der Waals surface area contributed by atoms with E-state index in [4.69, 9.17) is 0 Å². The van der Waals surface area contributed by atoms with Gasteiger partial charge >= 0.3 is 11.8 Å². The Bertz CT molecular complexity index is 1090. The number of hydrogen-bond acceptors (Lipinski definition) is 4. The first kappa shape index (κ1) is 20.5. The van der Waals surface area contributed by atoms with E-state index in [0.717, 1.165) is 11.1 Å². The number of hydrogen-bond donors (Lipinski definition) is 3. The number of amides is 3. The molecule has 0 aliphatic carbocycles. The van der Waals surface area contributed by atoms with Crippen LogP contribution in [0.5, 0.6) is 0 Å². The van der Waals surface area contributed by atoms with Gasteiger partial charge in [0, 0.05) is 5.69 Å². The Balaban J connectivity index is 1.64. The maximum atomic E-state index is 12.6. The number of carbonyl (C=O) groups excluding carboxylic acids is 3. The Morgan fingerprint density at radius 1 is 0.800 bits per heavy atom. The van der Waals surface area contributed by atoms with E-state index in [0.29, 0.717) is 5.69 Å². The standard InChI is InChI=1S/C23H20N4O3/c1-16-8-7-11-18(14-16)25-21(28)19-12-5-6-13-20(19)26-22(29)23(30)27-24-15-17-9-3-2-4-10-17/h2-15H,1H3,(H,25,28)(H,26,29)(H,27,30)/b24-15+. The van der Waals surface area contributed by atoms with E-state index < -0.39 is 17.7 Å². The highest BCUT2D eigenvalue weighted by Gasteiger charge is 2.17. The van der Waals surface area contributed by atoms with Crippen LogP contribution < -0.4 is 16.1 Å². The van der Waals surface area contributed by atoms with Crippen molar-refractivity contribution in [3.8, 4) is 0 Å². The number of hydrazone groups is 1. The monoisotopic (exact) mass is 400 g/mol. The minimum absolute atomic E-state index is 0.217. The van der Waals surface area contributed by atoms with Crippen LogP contribution in [0.1, 0.15) is 21.5 Å². The highest BCUT2D eigenvalue weighted by molar-refractivity contribution is 6.40. The number of rotatable bonds is 5. The van der Waals surface area contributed by atoms with Crippen LogP contribution >= 0.6 is 0 Å². The van der Waals surface area contributed by atoms with Crippen molar-refractivity contribution < 1.29 is 14.4 Å². The lowest BCUT2D eigenvalue weighted by atomic mass is 10.1. The van der Waals surface area contributed by atoms with Crippen LogP contribution in [0.15, 0.2) is 84.0 Å². The number of para-hydroxylation sites is 1. The summed E-state index contributed by atoms with van der Waals surface area (Å²) >= 11 is 0. The lowest BCUT2D eigenvalue weighted by Gasteiger charge is -2.11. The van der Waals surface area contributed by atoms with E-state index in [2.05, 4.69) is 21.2 Å². The van der Waals surface area contributed by atoms with Gasteiger partial charge in [-0.2, -0.15) is 5.10 Å². The van der Waals surface area contributed by atoms with Gasteiger partial charge in [0.2, 0.25) is 0 Å². The number of anilines is 2. The van der Waals surface area contributed by atoms with E-state index in [1.165, 1.54) is 6.21 Å². The van der Waals surface area contributed by atoms with Crippen LogP contribution in [0.3, 0.4) is 0 Å². The Morgan fingerprint density at radius 3 is 2.30 bits per heavy atom. The van der Waals surface area contributed by atoms with Gasteiger partial charge in [-0.25, -0.2) is 5.43 Å². The van der Waals surface area contributed by atoms with Gasteiger partial charge in [0.15, 0.2) is 0 Å². The fourth-order valence-corrected chi connectivity index (χ4v) is 2.65. The summed E-state index contributed by atoms with van der Waals surface area (Å²) in [6.45, 7) is 1.92. The van der Waals surface area contributed by atoms with E-state index in [1.807, 2.05) is 43.3 Å². The second-order valence-electron chi connectivity index (χ2n) is 6.43. The average Bonchev–Trinajstić information content (AvgIpc) is 2.74. The summed E-state index contributed by atoms with van der Waals surface area (Å²) in [5, 5.41) is 8.99. The second-order valence-corrected chi connectivity index (χ2v) is 6.43. The van der Waals surface area contributed by atoms with Crippen molar-refractivity contribution in [2.45, 2.75) is 6.92 Å². The quantitative estimate of drug-likeness (QED) is 0.348. The smallest absolute Gasteiger partial charge is 0.322 e. The molecule has 3 N–H and O–H groups in total. The van der Waals surface area contributed by atoms with Crippen LogP contribution in [0.4, 0.5) is 11.4 Å². The highest BCUT2D eigenvalue weighted by atomic mass is 16.2. The van der Waals surface area contributed by atoms with Gasteiger partial charge in [0.1, 0.15) is 0 Å². The fourth-order valence-electron chi connectivity index (χ4n) is 2.65. The molecule has 0 bridgehead atoms. The van der Waals surface area contributed by atoms with Crippen LogP contribution in [-0.2, 0) is 9.59 Å². The molecule has 0 spiro atoms. The minimum Gasteiger partial charge on any atom is -0.322 e. The summed E-state index contributed by atoms with van der Waals surface area (Å²) in [6, 6.07) is 22.9. The van der Waals surface area contributed by atoms with Crippen molar-refractivity contribution in [2.24, 2.45) is 5.10 Å². The van der Waals surface area contributed by atoms with Gasteiger partial charge in [-0.15, -0.1) is 0 Å². The topological polar surface area (TPSA) is 99.7 Å². The van der Waals surface area contributed by atoms with Gasteiger partial charge in [-0.3, -0.25) is 14.4 Å². The minimum atomic E-state index is -0.948. The molecule has 3 amide bonds. The van der Waals surface area contributed by atoms with Crippen LogP contribution in [-0.4, -0.2) is 23.9 Å². The third-order valence-corrected chi connectivity index (χ3v) is 4.08. The van der Waals surface area contributed by atoms with Crippen molar-refractivity contribution in [2.75, 3.05) is 10.6 Å². The molecule has 3 rings (SSSR count). The zero-order valence-corrected chi connectivity index (χ0v) is 16.3. The molecule has 0 aliphatic rings. The van der Waals surface area contributed by atoms with Crippen LogP contribution in [0.25, 0.3) is 0 Å². The van der Waals surface area contributed by atoms with E-state index in [-0.39, 0.29) is 11.3 Å². The molecule has 7 heteroatoms. The van der Waals surface area contributed by atoms with Gasteiger partial charge in [-0.05, 0) is 42.3 Å². The largest absolute Gasteiger partial charge is 0.329 e.